The molecule has 0 aliphatic carbocycles. The first-order chi connectivity index (χ1) is 16.9. The predicted molar refractivity (Wildman–Crippen MR) is 139 cm³/mol. The van der Waals surface area contributed by atoms with Gasteiger partial charge in [0.15, 0.2) is 5.82 Å². The van der Waals surface area contributed by atoms with Gasteiger partial charge in [-0.3, -0.25) is 14.4 Å². The molecular weight excluding hydrogens is 480 g/mol. The van der Waals surface area contributed by atoms with Crippen LogP contribution in [0.3, 0.4) is 0 Å². The second kappa shape index (κ2) is 9.87. The molecule has 35 heavy (non-hydrogen) atoms. The summed E-state index contributed by atoms with van der Waals surface area (Å²) in [5.41, 5.74) is 4.12. The first-order valence-corrected chi connectivity index (χ1v) is 13.0. The van der Waals surface area contributed by atoms with Crippen molar-refractivity contribution in [3.05, 3.63) is 81.2 Å². The lowest BCUT2D eigenvalue weighted by Crippen LogP contribution is -2.11. The van der Waals surface area contributed by atoms with Crippen molar-refractivity contribution in [2.24, 2.45) is 4.99 Å². The maximum Gasteiger partial charge on any atom is 0.163 e. The van der Waals surface area contributed by atoms with Gasteiger partial charge < -0.3 is 4.57 Å². The van der Waals surface area contributed by atoms with Gasteiger partial charge in [-0.2, -0.15) is 0 Å². The van der Waals surface area contributed by atoms with E-state index in [0.717, 1.165) is 52.9 Å². The van der Waals surface area contributed by atoms with Gasteiger partial charge >= 0.3 is 0 Å². The summed E-state index contributed by atoms with van der Waals surface area (Å²) < 4.78 is 4.12. The number of aryl methyl sites for hydroxylation is 3. The lowest BCUT2D eigenvalue weighted by Gasteiger charge is -2.12. The maximum absolute atomic E-state index is 13.1. The number of nitrogens with zero attached hydrogens (tertiary/aromatic N) is 6. The van der Waals surface area contributed by atoms with E-state index >= 15 is 0 Å². The van der Waals surface area contributed by atoms with Crippen molar-refractivity contribution in [2.75, 3.05) is 0 Å². The molecule has 0 bridgehead atoms. The maximum atomic E-state index is 13.1. The van der Waals surface area contributed by atoms with Crippen LogP contribution in [0.4, 0.5) is 0 Å². The van der Waals surface area contributed by atoms with Gasteiger partial charge in [-0.05, 0) is 51.3 Å². The lowest BCUT2D eigenvalue weighted by molar-refractivity contribution is -0.119. The van der Waals surface area contributed by atoms with Gasteiger partial charge in [0, 0.05) is 52.8 Å². The molecule has 0 spiro atoms. The number of rotatable bonds is 8. The number of imidazole rings is 1. The molecule has 3 aromatic heterocycles. The standard InChI is InChI=1S/C26H27ClN6OS/c1-16-17(2)35-26-23(16)24(19-7-9-20(27)10-8-19)29-22(25-31-30-18(3)33(25)26)14-21(34)6-4-5-12-32-13-11-28-15-32/h7-11,13,15,22H,4-6,12,14H2,1-3H3. The SMILES string of the molecule is Cc1sc2c(c1C)C(c1ccc(Cl)cc1)=NC(CC(=O)CCCCn1ccnc1)c1nnc(C)n1-2. The zero-order chi connectivity index (χ0) is 24.5. The molecule has 180 valence electrons. The Kier molecular flexibility index (Phi) is 6.67. The van der Waals surface area contributed by atoms with Gasteiger partial charge in [-0.15, -0.1) is 21.5 Å². The van der Waals surface area contributed by atoms with E-state index in [0.29, 0.717) is 17.9 Å². The molecule has 1 aliphatic rings. The number of benzene rings is 1. The first kappa shape index (κ1) is 23.6. The van der Waals surface area contributed by atoms with Gasteiger partial charge in [0.2, 0.25) is 0 Å². The molecule has 0 saturated carbocycles. The number of aliphatic imine (C=N–C) groups is 1. The molecule has 1 aromatic carbocycles. The van der Waals surface area contributed by atoms with Gasteiger partial charge in [-0.1, -0.05) is 23.7 Å². The molecule has 7 nitrogen and oxygen atoms in total. The minimum atomic E-state index is -0.401. The first-order valence-electron chi connectivity index (χ1n) is 11.8. The smallest absolute Gasteiger partial charge is 0.163 e. The van der Waals surface area contributed by atoms with Crippen molar-refractivity contribution < 1.29 is 4.79 Å². The molecule has 1 aliphatic heterocycles. The number of hydrogen-bond donors (Lipinski definition) is 0. The topological polar surface area (TPSA) is 78.0 Å². The number of ketones is 1. The molecule has 4 aromatic rings. The van der Waals surface area contributed by atoms with E-state index in [1.165, 1.54) is 10.4 Å². The molecule has 0 radical (unpaired) electrons. The molecule has 4 heterocycles. The average Bonchev–Trinajstić information content (AvgIpc) is 3.53. The molecule has 9 heteroatoms. The van der Waals surface area contributed by atoms with Crippen LogP contribution in [0.5, 0.6) is 0 Å². The van der Waals surface area contributed by atoms with Gasteiger partial charge in [0.1, 0.15) is 22.7 Å². The number of hydrogen-bond acceptors (Lipinski definition) is 6. The Morgan fingerprint density at radius 2 is 1.91 bits per heavy atom. The largest absolute Gasteiger partial charge is 0.337 e. The predicted octanol–water partition coefficient (Wildman–Crippen LogP) is 5.83. The minimum Gasteiger partial charge on any atom is -0.337 e. The Hall–Kier alpha value is -3.10. The molecule has 5 rings (SSSR count). The number of fused-ring (bicyclic) bond motifs is 3. The highest BCUT2D eigenvalue weighted by molar-refractivity contribution is 7.15. The summed E-state index contributed by atoms with van der Waals surface area (Å²) in [6.45, 7) is 7.06. The Labute approximate surface area is 213 Å². The van der Waals surface area contributed by atoms with E-state index in [9.17, 15) is 4.79 Å². The zero-order valence-corrected chi connectivity index (χ0v) is 21.6. The second-order valence-electron chi connectivity index (χ2n) is 8.91. The number of carbonyl (C=O) groups excluding carboxylic acids is 1. The van der Waals surface area contributed by atoms with Crippen molar-refractivity contribution in [3.63, 3.8) is 0 Å². The highest BCUT2D eigenvalue weighted by Gasteiger charge is 2.32. The van der Waals surface area contributed by atoms with Crippen LogP contribution in [-0.2, 0) is 11.3 Å². The van der Waals surface area contributed by atoms with Crippen LogP contribution in [-0.4, -0.2) is 35.8 Å². The van der Waals surface area contributed by atoms with Crippen molar-refractivity contribution >= 4 is 34.4 Å². The monoisotopic (exact) mass is 506 g/mol. The van der Waals surface area contributed by atoms with Gasteiger partial charge in [0.25, 0.3) is 0 Å². The molecule has 0 N–H and O–H groups in total. The summed E-state index contributed by atoms with van der Waals surface area (Å²) in [6, 6.07) is 7.34. The van der Waals surface area contributed by atoms with Crippen LogP contribution in [0, 0.1) is 20.8 Å². The third-order valence-electron chi connectivity index (χ3n) is 6.46. The fourth-order valence-electron chi connectivity index (χ4n) is 4.49. The lowest BCUT2D eigenvalue weighted by atomic mass is 9.99. The van der Waals surface area contributed by atoms with Crippen molar-refractivity contribution in [1.29, 1.82) is 0 Å². The van der Waals surface area contributed by atoms with E-state index in [4.69, 9.17) is 16.6 Å². The second-order valence-corrected chi connectivity index (χ2v) is 10.5. The number of Topliss-reactive ketones (excluding diaryl/α,β-unsaturated/α-hetero) is 1. The average molecular weight is 507 g/mol. The molecule has 1 unspecified atom stereocenters. The van der Waals surface area contributed by atoms with Crippen molar-refractivity contribution in [2.45, 2.75) is 59.0 Å². The van der Waals surface area contributed by atoms with E-state index in [1.807, 2.05) is 42.0 Å². The number of thiophene rings is 1. The Bertz CT molecular complexity index is 1380. The molecule has 0 fully saturated rings. The van der Waals surface area contributed by atoms with Crippen LogP contribution < -0.4 is 0 Å². The summed E-state index contributed by atoms with van der Waals surface area (Å²) in [5, 5.41) is 10.6. The zero-order valence-electron chi connectivity index (χ0n) is 20.0. The van der Waals surface area contributed by atoms with Crippen LogP contribution in [0.2, 0.25) is 5.02 Å². The Balaban J connectivity index is 1.46. The third-order valence-corrected chi connectivity index (χ3v) is 7.90. The summed E-state index contributed by atoms with van der Waals surface area (Å²) in [6.07, 6.45) is 8.09. The van der Waals surface area contributed by atoms with Crippen LogP contribution >= 0.6 is 22.9 Å². The van der Waals surface area contributed by atoms with E-state index in [2.05, 4.69) is 33.6 Å². The van der Waals surface area contributed by atoms with Crippen LogP contribution in [0.25, 0.3) is 5.00 Å². The molecular formula is C26H27ClN6OS. The fourth-order valence-corrected chi connectivity index (χ4v) is 5.83. The van der Waals surface area contributed by atoms with E-state index < -0.39 is 6.04 Å². The Morgan fingerprint density at radius 3 is 2.66 bits per heavy atom. The molecule has 1 atom stereocenters. The van der Waals surface area contributed by atoms with Crippen LogP contribution in [0.15, 0.2) is 48.0 Å². The number of halogens is 1. The highest BCUT2D eigenvalue weighted by Crippen LogP contribution is 2.39. The minimum absolute atomic E-state index is 0.185. The summed E-state index contributed by atoms with van der Waals surface area (Å²) in [7, 11) is 0. The van der Waals surface area contributed by atoms with Crippen molar-refractivity contribution in [1.82, 2.24) is 24.3 Å². The molecule has 0 amide bonds. The quantitative estimate of drug-likeness (QED) is 0.282. The van der Waals surface area contributed by atoms with E-state index in [1.54, 1.807) is 23.9 Å². The fraction of sp³-hybridized carbons (Fsp3) is 0.346. The summed E-state index contributed by atoms with van der Waals surface area (Å²) in [4.78, 5) is 23.5. The highest BCUT2D eigenvalue weighted by atomic mass is 35.5. The van der Waals surface area contributed by atoms with Crippen LogP contribution in [0.1, 0.15) is 64.9 Å². The van der Waals surface area contributed by atoms with Gasteiger partial charge in [-0.25, -0.2) is 4.98 Å². The molecule has 0 saturated heterocycles. The number of aromatic nitrogens is 5. The summed E-state index contributed by atoms with van der Waals surface area (Å²) in [5.74, 6) is 1.71. The summed E-state index contributed by atoms with van der Waals surface area (Å²) >= 11 is 7.89. The van der Waals surface area contributed by atoms with E-state index in [-0.39, 0.29) is 5.78 Å². The Morgan fingerprint density at radius 1 is 1.11 bits per heavy atom. The third kappa shape index (κ3) is 4.73. The number of carbonyl (C=O) groups is 1. The van der Waals surface area contributed by atoms with Crippen molar-refractivity contribution in [3.8, 4) is 5.00 Å². The van der Waals surface area contributed by atoms with Gasteiger partial charge in [0.05, 0.1) is 12.0 Å². The normalized spacial score (nSPS) is 14.9. The number of unbranched alkanes of at least 4 members (excludes halogenated alkanes) is 1.